The Balaban J connectivity index is 2.29. The summed E-state index contributed by atoms with van der Waals surface area (Å²) in [6.45, 7) is 2.05. The topological polar surface area (TPSA) is 37.9 Å². The van der Waals surface area contributed by atoms with E-state index in [1.54, 1.807) is 7.11 Å². The molecule has 4 heteroatoms. The van der Waals surface area contributed by atoms with Crippen LogP contribution in [0.3, 0.4) is 0 Å². The fraction of sp³-hybridized carbons (Fsp3) is 0.692. The predicted octanol–water partition coefficient (Wildman–Crippen LogP) is 2.99. The summed E-state index contributed by atoms with van der Waals surface area (Å²) in [7, 11) is 1.72. The van der Waals surface area contributed by atoms with Crippen LogP contribution in [-0.4, -0.2) is 23.2 Å². The first-order valence-electron chi connectivity index (χ1n) is 6.34. The van der Waals surface area contributed by atoms with Crippen LogP contribution < -0.4 is 0 Å². The van der Waals surface area contributed by atoms with Gasteiger partial charge in [-0.05, 0) is 32.6 Å². The van der Waals surface area contributed by atoms with E-state index in [1.165, 1.54) is 30.5 Å². The fourth-order valence-electron chi connectivity index (χ4n) is 2.30. The van der Waals surface area contributed by atoms with Crippen LogP contribution >= 0.6 is 12.2 Å². The number of ether oxygens (including phenoxy) is 1. The van der Waals surface area contributed by atoms with Gasteiger partial charge in [-0.1, -0.05) is 18.6 Å². The summed E-state index contributed by atoms with van der Waals surface area (Å²) >= 11 is 5.40. The molecule has 1 aliphatic rings. The molecule has 1 unspecified atom stereocenters. The van der Waals surface area contributed by atoms with Crippen molar-refractivity contribution in [3.05, 3.63) is 21.7 Å². The molecule has 0 spiro atoms. The Kier molecular flexibility index (Phi) is 4.29. The van der Waals surface area contributed by atoms with Gasteiger partial charge in [0, 0.05) is 24.8 Å². The van der Waals surface area contributed by atoms with Crippen LogP contribution in [0.25, 0.3) is 0 Å². The summed E-state index contributed by atoms with van der Waals surface area (Å²) in [5, 5.41) is 0. The van der Waals surface area contributed by atoms with Gasteiger partial charge in [0.1, 0.15) is 10.5 Å². The summed E-state index contributed by atoms with van der Waals surface area (Å²) in [5.74, 6) is 0.963. The van der Waals surface area contributed by atoms with Gasteiger partial charge in [-0.3, -0.25) is 0 Å². The number of hydrogen-bond acceptors (Lipinski definition) is 3. The molecule has 0 amide bonds. The van der Waals surface area contributed by atoms with E-state index in [1.807, 2.05) is 6.92 Å². The number of aryl methyl sites for hydroxylation is 1. The minimum Gasteiger partial charge on any atom is -0.381 e. The van der Waals surface area contributed by atoms with Gasteiger partial charge >= 0.3 is 0 Å². The number of aromatic amines is 1. The van der Waals surface area contributed by atoms with Crippen LogP contribution in [0.15, 0.2) is 0 Å². The maximum atomic E-state index is 5.40. The lowest BCUT2D eigenvalue weighted by molar-refractivity contribution is 0.117. The number of H-pyrrole nitrogens is 1. The average Bonchev–Trinajstić information content (AvgIpc) is 2.54. The maximum Gasteiger partial charge on any atom is 0.133 e. The highest BCUT2D eigenvalue weighted by atomic mass is 32.1. The van der Waals surface area contributed by atoms with Crippen LogP contribution in [0.1, 0.15) is 43.3 Å². The zero-order chi connectivity index (χ0) is 12.3. The van der Waals surface area contributed by atoms with Crippen molar-refractivity contribution < 1.29 is 4.74 Å². The van der Waals surface area contributed by atoms with E-state index in [4.69, 9.17) is 17.0 Å². The first kappa shape index (κ1) is 12.7. The Bertz CT molecular complexity index is 442. The van der Waals surface area contributed by atoms with Crippen molar-refractivity contribution in [1.82, 2.24) is 9.97 Å². The molecule has 1 atom stereocenters. The van der Waals surface area contributed by atoms with Gasteiger partial charge in [-0.15, -0.1) is 0 Å². The van der Waals surface area contributed by atoms with E-state index < -0.39 is 0 Å². The van der Waals surface area contributed by atoms with Gasteiger partial charge in [-0.25, -0.2) is 4.98 Å². The highest BCUT2D eigenvalue weighted by Gasteiger charge is 2.13. The molecule has 3 nitrogen and oxygen atoms in total. The second kappa shape index (κ2) is 5.74. The molecule has 0 aromatic carbocycles. The molecule has 1 N–H and O–H groups in total. The van der Waals surface area contributed by atoms with E-state index in [-0.39, 0.29) is 6.10 Å². The Morgan fingerprint density at radius 2 is 2.12 bits per heavy atom. The van der Waals surface area contributed by atoms with Gasteiger partial charge in [-0.2, -0.15) is 0 Å². The zero-order valence-electron chi connectivity index (χ0n) is 10.6. The number of nitrogens with one attached hydrogen (secondary N) is 1. The summed E-state index contributed by atoms with van der Waals surface area (Å²) in [5.41, 5.74) is 2.58. The van der Waals surface area contributed by atoms with E-state index in [0.29, 0.717) is 0 Å². The van der Waals surface area contributed by atoms with E-state index >= 15 is 0 Å². The number of aromatic nitrogens is 2. The van der Waals surface area contributed by atoms with Crippen LogP contribution in [0.5, 0.6) is 0 Å². The van der Waals surface area contributed by atoms with E-state index in [0.717, 1.165) is 29.7 Å². The van der Waals surface area contributed by atoms with Crippen molar-refractivity contribution in [2.45, 2.75) is 51.6 Å². The molecule has 0 radical (unpaired) electrons. The Morgan fingerprint density at radius 3 is 2.88 bits per heavy atom. The first-order chi connectivity index (χ1) is 8.20. The van der Waals surface area contributed by atoms with Crippen molar-refractivity contribution in [1.29, 1.82) is 0 Å². The highest BCUT2D eigenvalue weighted by Crippen LogP contribution is 2.19. The molecule has 94 valence electrons. The second-order valence-corrected chi connectivity index (χ2v) is 5.14. The quantitative estimate of drug-likeness (QED) is 0.664. The third-order valence-electron chi connectivity index (χ3n) is 3.39. The van der Waals surface area contributed by atoms with Gasteiger partial charge in [0.25, 0.3) is 0 Å². The normalized spacial score (nSPS) is 17.3. The first-order valence-corrected chi connectivity index (χ1v) is 6.75. The van der Waals surface area contributed by atoms with Crippen LogP contribution in [0.2, 0.25) is 0 Å². The lowest BCUT2D eigenvalue weighted by Crippen LogP contribution is -2.13. The molecule has 1 aromatic heterocycles. The fourth-order valence-corrected chi connectivity index (χ4v) is 2.64. The lowest BCUT2D eigenvalue weighted by atomic mass is 10.1. The number of hydrogen-bond donors (Lipinski definition) is 1. The molecule has 1 aliphatic carbocycles. The molecule has 1 heterocycles. The minimum atomic E-state index is 0.178. The Hall–Kier alpha value is -0.740. The smallest absolute Gasteiger partial charge is 0.133 e. The monoisotopic (exact) mass is 252 g/mol. The maximum absolute atomic E-state index is 5.40. The standard InChI is InChI=1S/C13H20N2OS/c1-9(16-2)8-12-14-11-7-5-3-4-6-10(11)13(17)15-12/h9H,3-8H2,1-2H3,(H,14,15,17). The van der Waals surface area contributed by atoms with Crippen molar-refractivity contribution >= 4 is 12.2 Å². The molecule has 0 saturated carbocycles. The number of nitrogens with zero attached hydrogens (tertiary/aromatic N) is 1. The van der Waals surface area contributed by atoms with Crippen molar-refractivity contribution in [2.24, 2.45) is 0 Å². The van der Waals surface area contributed by atoms with E-state index in [2.05, 4.69) is 9.97 Å². The Morgan fingerprint density at radius 1 is 1.35 bits per heavy atom. The average molecular weight is 252 g/mol. The summed E-state index contributed by atoms with van der Waals surface area (Å²) in [6, 6.07) is 0. The van der Waals surface area contributed by atoms with Gasteiger partial charge < -0.3 is 9.72 Å². The van der Waals surface area contributed by atoms with Gasteiger partial charge in [0.05, 0.1) is 6.10 Å². The van der Waals surface area contributed by atoms with Crippen LogP contribution in [0.4, 0.5) is 0 Å². The SMILES string of the molecule is COC(C)Cc1nc(=S)c2c([nH]1)CCCCC2. The zero-order valence-corrected chi connectivity index (χ0v) is 11.4. The lowest BCUT2D eigenvalue weighted by Gasteiger charge is -2.12. The van der Waals surface area contributed by atoms with Crippen LogP contribution in [0, 0.1) is 4.64 Å². The molecule has 2 rings (SSSR count). The molecular formula is C13H20N2OS. The predicted molar refractivity (Wildman–Crippen MR) is 70.9 cm³/mol. The van der Waals surface area contributed by atoms with Crippen molar-refractivity contribution in [3.8, 4) is 0 Å². The molecule has 1 aromatic rings. The van der Waals surface area contributed by atoms with Gasteiger partial charge in [0.15, 0.2) is 0 Å². The minimum absolute atomic E-state index is 0.178. The van der Waals surface area contributed by atoms with Crippen LogP contribution in [-0.2, 0) is 24.0 Å². The molecule has 0 saturated heterocycles. The summed E-state index contributed by atoms with van der Waals surface area (Å²) in [6.07, 6.45) is 6.95. The molecular weight excluding hydrogens is 232 g/mol. The second-order valence-electron chi connectivity index (χ2n) is 4.76. The summed E-state index contributed by atoms with van der Waals surface area (Å²) in [4.78, 5) is 7.95. The highest BCUT2D eigenvalue weighted by molar-refractivity contribution is 7.71. The third kappa shape index (κ3) is 3.13. The molecule has 17 heavy (non-hydrogen) atoms. The molecule has 0 aliphatic heterocycles. The third-order valence-corrected chi connectivity index (χ3v) is 3.73. The number of rotatable bonds is 3. The molecule has 0 bridgehead atoms. The Labute approximate surface area is 108 Å². The summed E-state index contributed by atoms with van der Waals surface area (Å²) < 4.78 is 6.06. The van der Waals surface area contributed by atoms with Gasteiger partial charge in [0.2, 0.25) is 0 Å². The van der Waals surface area contributed by atoms with Crippen molar-refractivity contribution in [2.75, 3.05) is 7.11 Å². The number of fused-ring (bicyclic) bond motifs is 1. The largest absolute Gasteiger partial charge is 0.381 e. The van der Waals surface area contributed by atoms with Crippen molar-refractivity contribution in [3.63, 3.8) is 0 Å². The number of methoxy groups -OCH3 is 1. The molecule has 0 fully saturated rings. The van der Waals surface area contributed by atoms with E-state index in [9.17, 15) is 0 Å².